The van der Waals surface area contributed by atoms with Gasteiger partial charge in [0, 0.05) is 38.0 Å². The van der Waals surface area contributed by atoms with Gasteiger partial charge in [0.25, 0.3) is 5.56 Å². The minimum Gasteiger partial charge on any atom is -0.355 e. The number of H-pyrrole nitrogens is 1. The average molecular weight is 480 g/mol. The fourth-order valence-corrected chi connectivity index (χ4v) is 3.92. The largest absolute Gasteiger partial charge is 0.355 e. The number of aromatic amines is 1. The molecule has 0 aromatic carbocycles. The van der Waals surface area contributed by atoms with Crippen molar-refractivity contribution in [2.75, 3.05) is 19.4 Å². The fourth-order valence-electron chi connectivity index (χ4n) is 3.92. The first kappa shape index (κ1) is 24.4. The second-order valence-electron chi connectivity index (χ2n) is 9.22. The maximum absolute atomic E-state index is 14.4. The Morgan fingerprint density at radius 3 is 2.89 bits per heavy atom. The first-order valence-electron chi connectivity index (χ1n) is 11.8. The van der Waals surface area contributed by atoms with E-state index in [2.05, 4.69) is 15.3 Å². The molecule has 8 nitrogen and oxygen atoms in total. The highest BCUT2D eigenvalue weighted by atomic mass is 19.1. The molecule has 3 heterocycles. The van der Waals surface area contributed by atoms with E-state index in [0.717, 1.165) is 18.5 Å². The molecule has 3 aromatic rings. The number of halogens is 1. The zero-order valence-corrected chi connectivity index (χ0v) is 20.0. The van der Waals surface area contributed by atoms with Crippen molar-refractivity contribution in [3.05, 3.63) is 70.2 Å². The van der Waals surface area contributed by atoms with Crippen LogP contribution in [0.1, 0.15) is 43.4 Å². The van der Waals surface area contributed by atoms with Gasteiger partial charge in [-0.2, -0.15) is 0 Å². The van der Waals surface area contributed by atoms with Crippen molar-refractivity contribution in [3.63, 3.8) is 0 Å². The molecule has 4 rings (SSSR count). The van der Waals surface area contributed by atoms with E-state index in [1.165, 1.54) is 21.7 Å². The minimum atomic E-state index is -0.326. The van der Waals surface area contributed by atoms with Gasteiger partial charge in [0.1, 0.15) is 11.5 Å². The van der Waals surface area contributed by atoms with E-state index < -0.39 is 0 Å². The number of hydrogen-bond acceptors (Lipinski definition) is 4. The highest BCUT2D eigenvalue weighted by Gasteiger charge is 2.25. The fraction of sp³-hybridized carbons (Fsp3) is 0.385. The van der Waals surface area contributed by atoms with E-state index in [1.54, 1.807) is 38.5 Å². The molecular formula is C26H30FN5O3. The molecule has 0 atom stereocenters. The highest BCUT2D eigenvalue weighted by molar-refractivity contribution is 5.90. The number of carbonyl (C=O) groups excluding carboxylic acids is 2. The molecule has 1 saturated carbocycles. The maximum atomic E-state index is 14.4. The Balaban J connectivity index is 1.39. The summed E-state index contributed by atoms with van der Waals surface area (Å²) in [4.78, 5) is 45.7. The Morgan fingerprint density at radius 2 is 2.14 bits per heavy atom. The minimum absolute atomic E-state index is 0.102. The average Bonchev–Trinajstić information content (AvgIpc) is 3.55. The quantitative estimate of drug-likeness (QED) is 0.343. The van der Waals surface area contributed by atoms with Crippen molar-refractivity contribution >= 4 is 28.5 Å². The van der Waals surface area contributed by atoms with Crippen LogP contribution in [0.15, 0.2) is 47.5 Å². The number of amides is 2. The summed E-state index contributed by atoms with van der Waals surface area (Å²) in [6.45, 7) is 0.244. The van der Waals surface area contributed by atoms with Crippen LogP contribution in [0, 0.1) is 11.7 Å². The zero-order chi connectivity index (χ0) is 24.9. The third-order valence-corrected chi connectivity index (χ3v) is 6.06. The second kappa shape index (κ2) is 10.7. The van der Waals surface area contributed by atoms with Crippen molar-refractivity contribution in [3.8, 4) is 0 Å². The molecule has 2 amide bonds. The summed E-state index contributed by atoms with van der Waals surface area (Å²) in [6.07, 6.45) is 10.4. The van der Waals surface area contributed by atoms with Crippen LogP contribution in [-0.2, 0) is 22.6 Å². The molecule has 9 heteroatoms. The van der Waals surface area contributed by atoms with E-state index in [9.17, 15) is 18.8 Å². The highest BCUT2D eigenvalue weighted by Crippen LogP contribution is 2.35. The molecular weight excluding hydrogens is 449 g/mol. The summed E-state index contributed by atoms with van der Waals surface area (Å²) in [6, 6.07) is 5.10. The van der Waals surface area contributed by atoms with E-state index in [1.807, 2.05) is 6.07 Å². The normalized spacial score (nSPS) is 13.5. The van der Waals surface area contributed by atoms with Crippen molar-refractivity contribution in [1.29, 1.82) is 0 Å². The Morgan fingerprint density at radius 1 is 1.34 bits per heavy atom. The van der Waals surface area contributed by atoms with Crippen LogP contribution < -0.4 is 10.9 Å². The molecule has 0 radical (unpaired) electrons. The molecule has 0 spiro atoms. The van der Waals surface area contributed by atoms with Crippen LogP contribution >= 0.6 is 0 Å². The number of nitrogens with zero attached hydrogens (tertiary/aromatic N) is 3. The van der Waals surface area contributed by atoms with Crippen LogP contribution in [0.5, 0.6) is 0 Å². The van der Waals surface area contributed by atoms with Gasteiger partial charge in [-0.15, -0.1) is 0 Å². The molecule has 184 valence electrons. The van der Waals surface area contributed by atoms with Gasteiger partial charge in [-0.05, 0) is 62.3 Å². The molecule has 1 aliphatic rings. The molecule has 2 N–H and O–H groups in total. The lowest BCUT2D eigenvalue weighted by molar-refractivity contribution is -0.123. The standard InChI is InChI=1S/C26H30FN5O3/c1-31(2)24(34)9-5-3-4-8-23(33)30-21-7-6-12-32(26(21)35)16-18-14-22-25(29-18)19(13-17-10-11-17)20(27)15-28-22/h5-7,9,12,14-15,17,29H,3-4,8,10-11,13,16H2,1-2H3,(H,30,33)/b9-5+. The zero-order valence-electron chi connectivity index (χ0n) is 20.0. The van der Waals surface area contributed by atoms with Crippen LogP contribution in [0.4, 0.5) is 10.1 Å². The van der Waals surface area contributed by atoms with E-state index in [-0.39, 0.29) is 41.8 Å². The number of nitrogens with one attached hydrogen (secondary N) is 2. The summed E-state index contributed by atoms with van der Waals surface area (Å²) in [5.74, 6) is -0.141. The van der Waals surface area contributed by atoms with Crippen LogP contribution in [-0.4, -0.2) is 45.3 Å². The van der Waals surface area contributed by atoms with Crippen molar-refractivity contribution in [2.24, 2.45) is 5.92 Å². The summed E-state index contributed by atoms with van der Waals surface area (Å²) >= 11 is 0. The molecule has 0 unspecified atom stereocenters. The number of pyridine rings is 2. The summed E-state index contributed by atoms with van der Waals surface area (Å²) in [7, 11) is 3.35. The third-order valence-electron chi connectivity index (χ3n) is 6.06. The number of aromatic nitrogens is 3. The monoisotopic (exact) mass is 479 g/mol. The molecule has 3 aromatic heterocycles. The van der Waals surface area contributed by atoms with Gasteiger partial charge in [0.05, 0.1) is 23.8 Å². The van der Waals surface area contributed by atoms with E-state index in [4.69, 9.17) is 0 Å². The molecule has 1 fully saturated rings. The van der Waals surface area contributed by atoms with Crippen LogP contribution in [0.3, 0.4) is 0 Å². The van der Waals surface area contributed by atoms with Gasteiger partial charge in [-0.3, -0.25) is 19.4 Å². The lowest BCUT2D eigenvalue weighted by Gasteiger charge is -2.09. The number of unbranched alkanes of at least 4 members (excludes halogenated alkanes) is 1. The molecule has 1 aliphatic carbocycles. The van der Waals surface area contributed by atoms with Gasteiger partial charge in [-0.25, -0.2) is 4.39 Å². The van der Waals surface area contributed by atoms with Gasteiger partial charge in [0.15, 0.2) is 0 Å². The number of hydrogen-bond donors (Lipinski definition) is 2. The molecule has 0 bridgehead atoms. The maximum Gasteiger partial charge on any atom is 0.274 e. The lowest BCUT2D eigenvalue weighted by atomic mass is 10.1. The number of allylic oxidation sites excluding steroid dienone is 1. The van der Waals surface area contributed by atoms with E-state index >= 15 is 0 Å². The topological polar surface area (TPSA) is 100 Å². The Bertz CT molecular complexity index is 1320. The Kier molecular flexibility index (Phi) is 7.43. The predicted molar refractivity (Wildman–Crippen MR) is 133 cm³/mol. The third kappa shape index (κ3) is 6.23. The number of carbonyl (C=O) groups is 2. The first-order valence-corrected chi connectivity index (χ1v) is 11.8. The van der Waals surface area contributed by atoms with Crippen molar-refractivity contribution in [2.45, 2.75) is 45.1 Å². The second-order valence-corrected chi connectivity index (χ2v) is 9.22. The summed E-state index contributed by atoms with van der Waals surface area (Å²) in [5, 5.41) is 2.68. The number of fused-ring (bicyclic) bond motifs is 1. The molecule has 0 aliphatic heterocycles. The lowest BCUT2D eigenvalue weighted by Crippen LogP contribution is -2.25. The van der Waals surface area contributed by atoms with Crippen LogP contribution in [0.25, 0.3) is 11.0 Å². The summed E-state index contributed by atoms with van der Waals surface area (Å²) < 4.78 is 15.9. The van der Waals surface area contributed by atoms with Gasteiger partial charge >= 0.3 is 0 Å². The van der Waals surface area contributed by atoms with E-state index in [0.29, 0.717) is 41.8 Å². The molecule has 35 heavy (non-hydrogen) atoms. The molecule has 0 saturated heterocycles. The van der Waals surface area contributed by atoms with Crippen molar-refractivity contribution in [1.82, 2.24) is 19.4 Å². The number of rotatable bonds is 10. The summed E-state index contributed by atoms with van der Waals surface area (Å²) in [5.41, 5.74) is 2.62. The van der Waals surface area contributed by atoms with Crippen LogP contribution in [0.2, 0.25) is 0 Å². The number of anilines is 1. The SMILES string of the molecule is CN(C)C(=O)/C=C/CCCC(=O)Nc1cccn(Cc2cc3ncc(F)c(CC4CC4)c3[nH]2)c1=O. The first-order chi connectivity index (χ1) is 16.8. The number of likely N-dealkylation sites (N-methyl/N-ethyl adjacent to an activating group) is 1. The van der Waals surface area contributed by atoms with Gasteiger partial charge in [0.2, 0.25) is 11.8 Å². The Hall–Kier alpha value is -3.75. The van der Waals surface area contributed by atoms with Gasteiger partial charge < -0.3 is 19.8 Å². The predicted octanol–water partition coefficient (Wildman–Crippen LogP) is 3.62. The smallest absolute Gasteiger partial charge is 0.274 e. The Labute approximate surface area is 202 Å². The van der Waals surface area contributed by atoms with Crippen molar-refractivity contribution < 1.29 is 14.0 Å². The van der Waals surface area contributed by atoms with Gasteiger partial charge in [-0.1, -0.05) is 6.08 Å².